The van der Waals surface area contributed by atoms with Crippen LogP contribution in [0.15, 0.2) is 30.3 Å². The number of amides is 2. The molecule has 0 aliphatic carbocycles. The zero-order valence-electron chi connectivity index (χ0n) is 15.3. The Kier molecular flexibility index (Phi) is 6.89. The Morgan fingerprint density at radius 3 is 2.58 bits per heavy atom. The molecule has 0 N–H and O–H groups in total. The van der Waals surface area contributed by atoms with E-state index in [2.05, 4.69) is 0 Å². The number of para-hydroxylation sites is 1. The fourth-order valence-electron chi connectivity index (χ4n) is 3.45. The van der Waals surface area contributed by atoms with Crippen LogP contribution in [0.1, 0.15) is 32.1 Å². The van der Waals surface area contributed by atoms with Crippen molar-refractivity contribution in [3.8, 4) is 5.75 Å². The Bertz CT molecular complexity index is 587. The zero-order chi connectivity index (χ0) is 18.2. The average Bonchev–Trinajstić information content (AvgIpc) is 3.10. The minimum atomic E-state index is -0.271. The molecular weight excluding hydrogens is 332 g/mol. The van der Waals surface area contributed by atoms with Gasteiger partial charge in [-0.2, -0.15) is 0 Å². The molecule has 1 aromatic rings. The van der Waals surface area contributed by atoms with Crippen LogP contribution in [0.4, 0.5) is 0 Å². The lowest BCUT2D eigenvalue weighted by Crippen LogP contribution is -2.41. The minimum absolute atomic E-state index is 0.0908. The van der Waals surface area contributed by atoms with Crippen molar-refractivity contribution in [3.63, 3.8) is 0 Å². The lowest BCUT2D eigenvalue weighted by molar-refractivity contribution is -0.141. The van der Waals surface area contributed by atoms with Gasteiger partial charge in [0.05, 0.1) is 6.61 Å². The first-order valence-corrected chi connectivity index (χ1v) is 9.60. The molecule has 0 bridgehead atoms. The molecule has 0 saturated carbocycles. The minimum Gasteiger partial charge on any atom is -0.494 e. The van der Waals surface area contributed by atoms with Gasteiger partial charge in [-0.3, -0.25) is 9.59 Å². The highest BCUT2D eigenvalue weighted by molar-refractivity contribution is 5.81. The van der Waals surface area contributed by atoms with Crippen LogP contribution in [0.25, 0.3) is 0 Å². The molecule has 0 aromatic heterocycles. The van der Waals surface area contributed by atoms with Gasteiger partial charge in [-0.25, -0.2) is 0 Å². The van der Waals surface area contributed by atoms with E-state index in [-0.39, 0.29) is 17.9 Å². The lowest BCUT2D eigenvalue weighted by atomic mass is 10.2. The molecule has 1 atom stereocenters. The van der Waals surface area contributed by atoms with Crippen molar-refractivity contribution in [2.24, 2.45) is 0 Å². The smallest absolute Gasteiger partial charge is 0.251 e. The molecule has 0 radical (unpaired) electrons. The average molecular weight is 360 g/mol. The van der Waals surface area contributed by atoms with E-state index in [1.54, 1.807) is 0 Å². The Morgan fingerprint density at radius 2 is 1.81 bits per heavy atom. The molecule has 2 heterocycles. The zero-order valence-corrected chi connectivity index (χ0v) is 15.3. The van der Waals surface area contributed by atoms with Gasteiger partial charge in [0.15, 0.2) is 0 Å². The Labute approximate surface area is 155 Å². The highest BCUT2D eigenvalue weighted by Gasteiger charge is 2.29. The third kappa shape index (κ3) is 5.21. The third-order valence-corrected chi connectivity index (χ3v) is 4.91. The van der Waals surface area contributed by atoms with E-state index >= 15 is 0 Å². The van der Waals surface area contributed by atoms with Crippen molar-refractivity contribution in [2.75, 3.05) is 39.4 Å². The van der Waals surface area contributed by atoms with Gasteiger partial charge in [-0.1, -0.05) is 18.2 Å². The standard InChI is InChI=1S/C20H28N2O4/c23-19(10-5-15-25-17-7-2-1-3-8-17)21-11-6-12-22(14-13-21)20(24)18-9-4-16-26-18/h1-3,7-8,18H,4-6,9-16H2. The van der Waals surface area contributed by atoms with Crippen LogP contribution in [-0.2, 0) is 14.3 Å². The van der Waals surface area contributed by atoms with Gasteiger partial charge in [0.25, 0.3) is 5.91 Å². The number of benzene rings is 1. The van der Waals surface area contributed by atoms with Crippen molar-refractivity contribution < 1.29 is 19.1 Å². The summed E-state index contributed by atoms with van der Waals surface area (Å²) in [4.78, 5) is 28.6. The molecular formula is C20H28N2O4. The Hall–Kier alpha value is -2.08. The van der Waals surface area contributed by atoms with Gasteiger partial charge in [-0.05, 0) is 37.8 Å². The molecule has 2 aliphatic rings. The quantitative estimate of drug-likeness (QED) is 0.729. The highest BCUT2D eigenvalue weighted by atomic mass is 16.5. The van der Waals surface area contributed by atoms with E-state index in [1.165, 1.54) is 0 Å². The molecule has 2 amide bonds. The summed E-state index contributed by atoms with van der Waals surface area (Å²) in [6, 6.07) is 9.64. The van der Waals surface area contributed by atoms with E-state index in [4.69, 9.17) is 9.47 Å². The number of nitrogens with zero attached hydrogens (tertiary/aromatic N) is 2. The Balaban J connectivity index is 1.37. The van der Waals surface area contributed by atoms with Crippen LogP contribution in [0.5, 0.6) is 5.75 Å². The summed E-state index contributed by atoms with van der Waals surface area (Å²) in [6.45, 7) is 3.85. The van der Waals surface area contributed by atoms with E-state index in [0.717, 1.165) is 25.0 Å². The van der Waals surface area contributed by atoms with Crippen LogP contribution in [0, 0.1) is 0 Å². The predicted molar refractivity (Wildman–Crippen MR) is 97.9 cm³/mol. The fraction of sp³-hybridized carbons (Fsp3) is 0.600. The van der Waals surface area contributed by atoms with Gasteiger partial charge in [0.1, 0.15) is 11.9 Å². The fourth-order valence-corrected chi connectivity index (χ4v) is 3.45. The van der Waals surface area contributed by atoms with Crippen molar-refractivity contribution in [1.29, 1.82) is 0 Å². The second-order valence-electron chi connectivity index (χ2n) is 6.83. The van der Waals surface area contributed by atoms with Gasteiger partial charge in [-0.15, -0.1) is 0 Å². The van der Waals surface area contributed by atoms with Crippen molar-refractivity contribution in [2.45, 2.75) is 38.2 Å². The van der Waals surface area contributed by atoms with E-state index in [0.29, 0.717) is 52.2 Å². The second-order valence-corrected chi connectivity index (χ2v) is 6.83. The van der Waals surface area contributed by atoms with Gasteiger partial charge >= 0.3 is 0 Å². The molecule has 26 heavy (non-hydrogen) atoms. The van der Waals surface area contributed by atoms with Gasteiger partial charge < -0.3 is 19.3 Å². The summed E-state index contributed by atoms with van der Waals surface area (Å²) < 4.78 is 11.1. The first-order valence-electron chi connectivity index (χ1n) is 9.60. The normalized spacial score (nSPS) is 20.7. The molecule has 2 saturated heterocycles. The van der Waals surface area contributed by atoms with Crippen molar-refractivity contribution in [3.05, 3.63) is 30.3 Å². The summed E-state index contributed by atoms with van der Waals surface area (Å²) >= 11 is 0. The van der Waals surface area contributed by atoms with E-state index < -0.39 is 0 Å². The van der Waals surface area contributed by atoms with E-state index in [9.17, 15) is 9.59 Å². The van der Waals surface area contributed by atoms with Crippen LogP contribution in [0.3, 0.4) is 0 Å². The monoisotopic (exact) mass is 360 g/mol. The Morgan fingerprint density at radius 1 is 1.04 bits per heavy atom. The summed E-state index contributed by atoms with van der Waals surface area (Å²) in [7, 11) is 0. The molecule has 2 aliphatic heterocycles. The molecule has 2 fully saturated rings. The predicted octanol–water partition coefficient (Wildman–Crippen LogP) is 2.09. The van der Waals surface area contributed by atoms with Gasteiger partial charge in [0, 0.05) is 39.2 Å². The van der Waals surface area contributed by atoms with E-state index in [1.807, 2.05) is 40.1 Å². The number of hydrogen-bond donors (Lipinski definition) is 0. The van der Waals surface area contributed by atoms with Crippen molar-refractivity contribution >= 4 is 11.8 Å². The number of ether oxygens (including phenoxy) is 2. The summed E-state index contributed by atoms with van der Waals surface area (Å²) in [6.07, 6.45) is 3.51. The number of carbonyl (C=O) groups excluding carboxylic acids is 2. The third-order valence-electron chi connectivity index (χ3n) is 4.91. The maximum Gasteiger partial charge on any atom is 0.251 e. The molecule has 3 rings (SSSR count). The summed E-state index contributed by atoms with van der Waals surface area (Å²) in [5, 5.41) is 0. The molecule has 6 nitrogen and oxygen atoms in total. The molecule has 6 heteroatoms. The summed E-state index contributed by atoms with van der Waals surface area (Å²) in [5.41, 5.74) is 0. The van der Waals surface area contributed by atoms with Crippen LogP contribution in [0.2, 0.25) is 0 Å². The lowest BCUT2D eigenvalue weighted by Gasteiger charge is -2.24. The van der Waals surface area contributed by atoms with Crippen LogP contribution in [-0.4, -0.2) is 67.1 Å². The molecule has 0 spiro atoms. The molecule has 1 aromatic carbocycles. The van der Waals surface area contributed by atoms with Crippen LogP contribution >= 0.6 is 0 Å². The maximum absolute atomic E-state index is 12.5. The number of hydrogen-bond acceptors (Lipinski definition) is 4. The maximum atomic E-state index is 12.5. The first-order chi connectivity index (χ1) is 12.7. The van der Waals surface area contributed by atoms with Crippen LogP contribution < -0.4 is 4.74 Å². The molecule has 142 valence electrons. The second kappa shape index (κ2) is 9.57. The topological polar surface area (TPSA) is 59.1 Å². The van der Waals surface area contributed by atoms with Gasteiger partial charge in [0.2, 0.25) is 5.91 Å². The highest BCUT2D eigenvalue weighted by Crippen LogP contribution is 2.16. The largest absolute Gasteiger partial charge is 0.494 e. The SMILES string of the molecule is O=C(CCCOc1ccccc1)N1CCCN(C(=O)C2CCCO2)CC1. The number of carbonyl (C=O) groups is 2. The first kappa shape index (κ1) is 18.7. The number of rotatable bonds is 6. The summed E-state index contributed by atoms with van der Waals surface area (Å²) in [5.74, 6) is 1.07. The molecule has 1 unspecified atom stereocenters. The van der Waals surface area contributed by atoms with Crippen molar-refractivity contribution in [1.82, 2.24) is 9.80 Å².